The molecule has 1 atom stereocenters. The summed E-state index contributed by atoms with van der Waals surface area (Å²) in [6.45, 7) is 0. The van der Waals surface area contributed by atoms with Crippen LogP contribution in [0.3, 0.4) is 0 Å². The van der Waals surface area contributed by atoms with Crippen LogP contribution in [-0.4, -0.2) is 39.0 Å². The van der Waals surface area contributed by atoms with Gasteiger partial charge in [-0.15, -0.1) is 0 Å². The molecular formula is C111H68N8. The van der Waals surface area contributed by atoms with Gasteiger partial charge in [0, 0.05) is 60.6 Å². The van der Waals surface area contributed by atoms with Crippen LogP contribution in [-0.2, 0) is 5.41 Å². The molecule has 0 radical (unpaired) electrons. The summed E-state index contributed by atoms with van der Waals surface area (Å²) in [6, 6.07) is 149. The predicted molar refractivity (Wildman–Crippen MR) is 488 cm³/mol. The molecule has 18 aromatic carbocycles. The fraction of sp³-hybridized carbons (Fsp3) is 0.00901. The number of benzene rings is 18. The summed E-state index contributed by atoms with van der Waals surface area (Å²) in [7, 11) is 0. The summed E-state index contributed by atoms with van der Waals surface area (Å²) >= 11 is 0. The van der Waals surface area contributed by atoms with Crippen LogP contribution < -0.4 is 0 Å². The van der Waals surface area contributed by atoms with E-state index in [-0.39, 0.29) is 0 Å². The molecule has 1 aliphatic heterocycles. The highest BCUT2D eigenvalue weighted by Gasteiger charge is 2.51. The van der Waals surface area contributed by atoms with E-state index in [4.69, 9.17) is 29.9 Å². The van der Waals surface area contributed by atoms with Crippen LogP contribution in [0.1, 0.15) is 22.3 Å². The smallest absolute Gasteiger partial charge is 0.164 e. The monoisotopic (exact) mass is 1510 g/mol. The predicted octanol–water partition coefficient (Wildman–Crippen LogP) is 27.6. The lowest BCUT2D eigenvalue weighted by Gasteiger charge is -2.39. The zero-order valence-corrected chi connectivity index (χ0v) is 64.3. The number of para-hydroxylation sites is 5. The molecule has 4 aromatic heterocycles. The first-order valence-corrected chi connectivity index (χ1v) is 40.5. The van der Waals surface area contributed by atoms with E-state index in [0.717, 1.165) is 83.6 Å². The summed E-state index contributed by atoms with van der Waals surface area (Å²) in [5, 5.41) is 9.73. The molecule has 1 spiro atoms. The Bertz CT molecular complexity index is 7810. The molecule has 1 unspecified atom stereocenters. The van der Waals surface area contributed by atoms with Crippen molar-refractivity contribution in [1.82, 2.24) is 39.0 Å². The molecule has 2 aliphatic rings. The first kappa shape index (κ1) is 67.6. The third kappa shape index (κ3) is 10.8. The molecule has 22 aromatic rings. The number of aromatic nitrogens is 8. The molecule has 8 nitrogen and oxygen atoms in total. The fourth-order valence-electron chi connectivity index (χ4n) is 19.3. The molecule has 24 rings (SSSR count). The maximum absolute atomic E-state index is 5.29. The van der Waals surface area contributed by atoms with Gasteiger partial charge in [-0.05, 0) is 153 Å². The average molecular weight is 1510 g/mol. The number of fused-ring (bicyclic) bond motifs is 17. The van der Waals surface area contributed by atoms with Gasteiger partial charge in [0.25, 0.3) is 0 Å². The van der Waals surface area contributed by atoms with Crippen LogP contribution >= 0.6 is 0 Å². The highest BCUT2D eigenvalue weighted by atomic mass is 15.0. The van der Waals surface area contributed by atoms with E-state index in [1.807, 2.05) is 36.4 Å². The van der Waals surface area contributed by atoms with Crippen LogP contribution in [0.25, 0.3) is 212 Å². The molecule has 8 heteroatoms. The first-order chi connectivity index (χ1) is 59.0. The van der Waals surface area contributed by atoms with Crippen molar-refractivity contribution in [2.45, 2.75) is 5.41 Å². The van der Waals surface area contributed by atoms with Gasteiger partial charge >= 0.3 is 0 Å². The van der Waals surface area contributed by atoms with Crippen LogP contribution in [0.2, 0.25) is 0 Å². The van der Waals surface area contributed by atoms with Gasteiger partial charge in [-0.2, -0.15) is 0 Å². The Kier molecular flexibility index (Phi) is 15.4. The Morgan fingerprint density at radius 3 is 1.03 bits per heavy atom. The van der Waals surface area contributed by atoms with Gasteiger partial charge in [0.2, 0.25) is 0 Å². The van der Waals surface area contributed by atoms with E-state index < -0.39 is 5.41 Å². The summed E-state index contributed by atoms with van der Waals surface area (Å²) < 4.78 is 4.88. The summed E-state index contributed by atoms with van der Waals surface area (Å²) in [5.41, 5.74) is 30.8. The molecule has 1 aliphatic carbocycles. The van der Waals surface area contributed by atoms with Gasteiger partial charge < -0.3 is 9.13 Å². The third-order valence-electron chi connectivity index (χ3n) is 24.7. The third-order valence-corrected chi connectivity index (χ3v) is 24.7. The molecule has 0 saturated heterocycles. The van der Waals surface area contributed by atoms with Gasteiger partial charge in [0.15, 0.2) is 34.9 Å². The van der Waals surface area contributed by atoms with Crippen molar-refractivity contribution >= 4 is 65.2 Å². The zero-order chi connectivity index (χ0) is 78.2. The Hall–Kier alpha value is -15.9. The molecule has 5 heterocycles. The van der Waals surface area contributed by atoms with Gasteiger partial charge in [0.1, 0.15) is 0 Å². The van der Waals surface area contributed by atoms with Crippen LogP contribution in [0, 0.1) is 0 Å². The maximum Gasteiger partial charge on any atom is 0.164 e. The van der Waals surface area contributed by atoms with Gasteiger partial charge in [-0.25, -0.2) is 29.9 Å². The first-order valence-electron chi connectivity index (χ1n) is 40.5. The zero-order valence-electron chi connectivity index (χ0n) is 64.3. The summed E-state index contributed by atoms with van der Waals surface area (Å²) in [4.78, 5) is 31.3. The Morgan fingerprint density at radius 1 is 0.185 bits per heavy atom. The van der Waals surface area contributed by atoms with E-state index in [1.165, 1.54) is 115 Å². The summed E-state index contributed by atoms with van der Waals surface area (Å²) in [6.07, 6.45) is 0. The largest absolute Gasteiger partial charge is 0.309 e. The second kappa shape index (κ2) is 27.1. The lowest BCUT2D eigenvalue weighted by molar-refractivity contribution is 0.749. The SMILES string of the molecule is c1ccc(-c2nc(-c3ccc(-c4ccc(-c5nc(-c6ccccc6)nc(-c6ccc(-c7c(-c8ccc9c(c8)C8(c%10ccccc%10-9)c9ccccc9-n9c%10ccccc%10c%10cccc8c%109)ccc8ccccc78)cc6)n5)cc4)cc3)nc(-c3ccc(-c4c(-c5ccc(-n6c7ccccc7c7ccccc76)cc5)ccc5ccccc45)cc3)n2)cc1. The second-order valence-electron chi connectivity index (χ2n) is 31.1. The van der Waals surface area contributed by atoms with E-state index in [0.29, 0.717) is 34.9 Å². The standard InChI is InChI=1S/C111H68N8/c1-3-24-76(25-4-1)105-112-107(116-109(114-105)80-54-46-74(47-55-80)102-84-28-9-7-22-71(84)60-65-86(102)73-58-63-83(64-59-73)118-98-38-17-12-31-90(98)91-32-13-18-39-99(91)118)78-50-42-69(43-51-78)70-44-52-79(53-45-70)108-113-106(77-26-5-2-6-27-77)115-110(117-108)81-56-48-75(49-57-81)103-85-29-10-8-23-72(85)61-66-87(103)82-62-67-89-88-30-11-15-35-94(88)111(97(89)68-82)95-36-16-20-41-101(95)119-100-40-19-14-33-92(100)93-34-21-37-96(111)104(93)119/h1-68H. The molecule has 0 amide bonds. The van der Waals surface area contributed by atoms with Crippen molar-refractivity contribution < 1.29 is 0 Å². The molecule has 0 N–H and O–H groups in total. The van der Waals surface area contributed by atoms with E-state index >= 15 is 0 Å². The van der Waals surface area contributed by atoms with Gasteiger partial charge in [-0.1, -0.05) is 370 Å². The Balaban J connectivity index is 0.541. The van der Waals surface area contributed by atoms with Crippen molar-refractivity contribution in [1.29, 1.82) is 0 Å². The van der Waals surface area contributed by atoms with Crippen molar-refractivity contribution in [3.05, 3.63) is 435 Å². The highest BCUT2D eigenvalue weighted by molar-refractivity contribution is 6.14. The fourth-order valence-corrected chi connectivity index (χ4v) is 19.3. The minimum Gasteiger partial charge on any atom is -0.309 e. The van der Waals surface area contributed by atoms with Crippen molar-refractivity contribution in [3.63, 3.8) is 0 Å². The maximum atomic E-state index is 5.29. The molecule has 0 fully saturated rings. The number of hydrogen-bond donors (Lipinski definition) is 0. The lowest BCUT2D eigenvalue weighted by atomic mass is 9.65. The van der Waals surface area contributed by atoms with Crippen LogP contribution in [0.4, 0.5) is 0 Å². The second-order valence-corrected chi connectivity index (χ2v) is 31.1. The van der Waals surface area contributed by atoms with Gasteiger partial charge in [0.05, 0.1) is 33.2 Å². The molecule has 119 heavy (non-hydrogen) atoms. The quantitative estimate of drug-likeness (QED) is 0.121. The number of nitrogens with zero attached hydrogens (tertiary/aromatic N) is 8. The number of hydrogen-bond acceptors (Lipinski definition) is 6. The number of rotatable bonds is 12. The van der Waals surface area contributed by atoms with E-state index in [1.54, 1.807) is 0 Å². The van der Waals surface area contributed by atoms with E-state index in [9.17, 15) is 0 Å². The van der Waals surface area contributed by atoms with E-state index in [2.05, 4.69) is 385 Å². The lowest BCUT2D eigenvalue weighted by Crippen LogP contribution is -2.33. The normalized spacial score (nSPS) is 13.2. The minimum atomic E-state index is -0.587. The average Bonchev–Trinajstić information content (AvgIpc) is 1.51. The Morgan fingerprint density at radius 2 is 0.521 bits per heavy atom. The molecule has 0 saturated carbocycles. The van der Waals surface area contributed by atoms with Crippen LogP contribution in [0.5, 0.6) is 0 Å². The van der Waals surface area contributed by atoms with Crippen LogP contribution in [0.15, 0.2) is 413 Å². The molecule has 0 bridgehead atoms. The minimum absolute atomic E-state index is 0.580. The molecular weight excluding hydrogens is 1450 g/mol. The topological polar surface area (TPSA) is 87.2 Å². The summed E-state index contributed by atoms with van der Waals surface area (Å²) in [5.74, 6) is 3.53. The van der Waals surface area contributed by atoms with Crippen molar-refractivity contribution in [3.8, 4) is 146 Å². The van der Waals surface area contributed by atoms with Crippen molar-refractivity contribution in [2.24, 2.45) is 0 Å². The van der Waals surface area contributed by atoms with Gasteiger partial charge in [-0.3, -0.25) is 0 Å². The molecule has 552 valence electrons. The highest BCUT2D eigenvalue weighted by Crippen LogP contribution is 2.62. The van der Waals surface area contributed by atoms with Crippen molar-refractivity contribution in [2.75, 3.05) is 0 Å². The Labute approximate surface area is 686 Å².